The Morgan fingerprint density at radius 1 is 1.50 bits per heavy atom. The molecule has 1 aromatic rings. The molecule has 2 unspecified atom stereocenters. The lowest BCUT2D eigenvalue weighted by Gasteiger charge is -2.20. The van der Waals surface area contributed by atoms with Crippen molar-refractivity contribution in [1.29, 1.82) is 0 Å². The van der Waals surface area contributed by atoms with Crippen molar-refractivity contribution in [3.63, 3.8) is 0 Å². The molecule has 0 spiro atoms. The van der Waals surface area contributed by atoms with E-state index in [0.29, 0.717) is 5.56 Å². The summed E-state index contributed by atoms with van der Waals surface area (Å²) in [5.74, 6) is -0.0286. The van der Waals surface area contributed by atoms with Gasteiger partial charge in [0.1, 0.15) is 0 Å². The molecule has 1 aliphatic heterocycles. The van der Waals surface area contributed by atoms with Gasteiger partial charge in [0.25, 0.3) is 5.91 Å². The van der Waals surface area contributed by atoms with Crippen molar-refractivity contribution in [2.45, 2.75) is 45.8 Å². The fourth-order valence-corrected chi connectivity index (χ4v) is 2.57. The predicted octanol–water partition coefficient (Wildman–Crippen LogP) is 2.72. The first-order valence-electron chi connectivity index (χ1n) is 7.38. The first-order chi connectivity index (χ1) is 9.61. The van der Waals surface area contributed by atoms with Crippen LogP contribution in [0.4, 0.5) is 5.69 Å². The van der Waals surface area contributed by atoms with Crippen LogP contribution in [0.25, 0.3) is 0 Å². The van der Waals surface area contributed by atoms with E-state index in [9.17, 15) is 4.79 Å². The average molecular weight is 276 g/mol. The fraction of sp³-hybridized carbons (Fsp3) is 0.562. The number of hydrogen-bond donors (Lipinski definition) is 2. The standard InChI is InChI=1S/C16H24N2O2/c1-4-17-14-8-7-13(10-11(14)2)16(19)18-12(3)15-6-5-9-20-15/h7-8,10,12,15,17H,4-6,9H2,1-3H3,(H,18,19). The molecule has 2 N–H and O–H groups in total. The van der Waals surface area contributed by atoms with E-state index in [1.807, 2.05) is 32.0 Å². The molecule has 0 bridgehead atoms. The van der Waals surface area contributed by atoms with Crippen LogP contribution in [-0.4, -0.2) is 31.2 Å². The van der Waals surface area contributed by atoms with Gasteiger partial charge in [0, 0.05) is 24.4 Å². The van der Waals surface area contributed by atoms with Crippen LogP contribution in [0.3, 0.4) is 0 Å². The molecule has 1 fully saturated rings. The second-order valence-corrected chi connectivity index (χ2v) is 5.37. The smallest absolute Gasteiger partial charge is 0.251 e. The molecule has 0 saturated carbocycles. The van der Waals surface area contributed by atoms with Crippen LogP contribution in [0.2, 0.25) is 0 Å². The number of hydrogen-bond acceptors (Lipinski definition) is 3. The normalized spacial score (nSPS) is 19.6. The minimum atomic E-state index is -0.0286. The maximum atomic E-state index is 12.2. The van der Waals surface area contributed by atoms with Crippen LogP contribution < -0.4 is 10.6 Å². The lowest BCUT2D eigenvalue weighted by atomic mass is 10.1. The number of ether oxygens (including phenoxy) is 1. The van der Waals surface area contributed by atoms with Gasteiger partial charge in [-0.2, -0.15) is 0 Å². The zero-order valence-corrected chi connectivity index (χ0v) is 12.5. The van der Waals surface area contributed by atoms with Crippen molar-refractivity contribution < 1.29 is 9.53 Å². The molecule has 2 rings (SSSR count). The van der Waals surface area contributed by atoms with E-state index in [1.54, 1.807) is 0 Å². The molecule has 4 nitrogen and oxygen atoms in total. The van der Waals surface area contributed by atoms with Gasteiger partial charge in [-0.1, -0.05) is 0 Å². The second kappa shape index (κ2) is 6.75. The van der Waals surface area contributed by atoms with Gasteiger partial charge in [-0.3, -0.25) is 4.79 Å². The Kier molecular flexibility index (Phi) is 5.01. The molecule has 110 valence electrons. The van der Waals surface area contributed by atoms with E-state index in [-0.39, 0.29) is 18.1 Å². The maximum absolute atomic E-state index is 12.2. The number of carbonyl (C=O) groups excluding carboxylic acids is 1. The number of anilines is 1. The molecule has 0 radical (unpaired) electrons. The van der Waals surface area contributed by atoms with Gasteiger partial charge in [-0.05, 0) is 57.4 Å². The van der Waals surface area contributed by atoms with E-state index < -0.39 is 0 Å². The average Bonchev–Trinajstić information content (AvgIpc) is 2.95. The van der Waals surface area contributed by atoms with E-state index in [0.717, 1.165) is 37.2 Å². The number of aryl methyl sites for hydroxylation is 1. The Morgan fingerprint density at radius 3 is 2.90 bits per heavy atom. The Hall–Kier alpha value is -1.55. The van der Waals surface area contributed by atoms with Gasteiger partial charge in [-0.25, -0.2) is 0 Å². The molecule has 0 aliphatic carbocycles. The highest BCUT2D eigenvalue weighted by Crippen LogP contribution is 2.18. The largest absolute Gasteiger partial charge is 0.385 e. The van der Waals surface area contributed by atoms with Crippen LogP contribution in [0, 0.1) is 6.92 Å². The molecule has 1 aromatic carbocycles. The molecule has 1 amide bonds. The summed E-state index contributed by atoms with van der Waals surface area (Å²) in [6.45, 7) is 7.76. The monoisotopic (exact) mass is 276 g/mol. The lowest BCUT2D eigenvalue weighted by molar-refractivity contribution is 0.0712. The minimum absolute atomic E-state index is 0.0286. The molecule has 1 heterocycles. The Labute approximate surface area is 120 Å². The summed E-state index contributed by atoms with van der Waals surface area (Å²) in [5, 5.41) is 6.31. The second-order valence-electron chi connectivity index (χ2n) is 5.37. The number of nitrogens with one attached hydrogen (secondary N) is 2. The maximum Gasteiger partial charge on any atom is 0.251 e. The molecule has 4 heteroatoms. The SMILES string of the molecule is CCNc1ccc(C(=O)NC(C)C2CCCO2)cc1C. The van der Waals surface area contributed by atoms with E-state index >= 15 is 0 Å². The van der Waals surface area contributed by atoms with Crippen molar-refractivity contribution in [2.24, 2.45) is 0 Å². The highest BCUT2D eigenvalue weighted by molar-refractivity contribution is 5.95. The Morgan fingerprint density at radius 2 is 2.30 bits per heavy atom. The zero-order chi connectivity index (χ0) is 14.5. The predicted molar refractivity (Wildman–Crippen MR) is 81.2 cm³/mol. The van der Waals surface area contributed by atoms with Crippen molar-refractivity contribution in [3.8, 4) is 0 Å². The number of carbonyl (C=O) groups is 1. The molecular formula is C16H24N2O2. The molecule has 1 saturated heterocycles. The number of benzene rings is 1. The lowest BCUT2D eigenvalue weighted by Crippen LogP contribution is -2.40. The van der Waals surface area contributed by atoms with Gasteiger partial charge in [0.15, 0.2) is 0 Å². The highest BCUT2D eigenvalue weighted by atomic mass is 16.5. The van der Waals surface area contributed by atoms with Crippen molar-refractivity contribution in [1.82, 2.24) is 5.32 Å². The highest BCUT2D eigenvalue weighted by Gasteiger charge is 2.24. The van der Waals surface area contributed by atoms with Crippen LogP contribution >= 0.6 is 0 Å². The zero-order valence-electron chi connectivity index (χ0n) is 12.5. The summed E-state index contributed by atoms with van der Waals surface area (Å²) in [4.78, 5) is 12.2. The first-order valence-corrected chi connectivity index (χ1v) is 7.38. The summed E-state index contributed by atoms with van der Waals surface area (Å²) < 4.78 is 5.60. The van der Waals surface area contributed by atoms with E-state index in [1.165, 1.54) is 0 Å². The van der Waals surface area contributed by atoms with Gasteiger partial charge in [0.05, 0.1) is 12.1 Å². The van der Waals surface area contributed by atoms with Crippen molar-refractivity contribution >= 4 is 11.6 Å². The summed E-state index contributed by atoms with van der Waals surface area (Å²) in [6.07, 6.45) is 2.27. The third-order valence-electron chi connectivity index (χ3n) is 3.74. The number of amides is 1. The van der Waals surface area contributed by atoms with Gasteiger partial charge in [0.2, 0.25) is 0 Å². The Bertz CT molecular complexity index is 468. The van der Waals surface area contributed by atoms with Gasteiger partial charge < -0.3 is 15.4 Å². The molecular weight excluding hydrogens is 252 g/mol. The van der Waals surface area contributed by atoms with Crippen LogP contribution in [0.1, 0.15) is 42.6 Å². The third kappa shape index (κ3) is 3.51. The van der Waals surface area contributed by atoms with Crippen molar-refractivity contribution in [3.05, 3.63) is 29.3 Å². The molecule has 20 heavy (non-hydrogen) atoms. The Balaban J connectivity index is 1.99. The number of rotatable bonds is 5. The van der Waals surface area contributed by atoms with Gasteiger partial charge >= 0.3 is 0 Å². The molecule has 1 aliphatic rings. The summed E-state index contributed by atoms with van der Waals surface area (Å²) in [6, 6.07) is 5.81. The van der Waals surface area contributed by atoms with Crippen molar-refractivity contribution in [2.75, 3.05) is 18.5 Å². The first kappa shape index (κ1) is 14.9. The fourth-order valence-electron chi connectivity index (χ4n) is 2.57. The van der Waals surface area contributed by atoms with E-state index in [2.05, 4.69) is 17.6 Å². The van der Waals surface area contributed by atoms with E-state index in [4.69, 9.17) is 4.74 Å². The topological polar surface area (TPSA) is 50.4 Å². The summed E-state index contributed by atoms with van der Waals surface area (Å²) in [5.41, 5.74) is 2.87. The summed E-state index contributed by atoms with van der Waals surface area (Å²) >= 11 is 0. The molecule has 0 aromatic heterocycles. The summed E-state index contributed by atoms with van der Waals surface area (Å²) in [7, 11) is 0. The minimum Gasteiger partial charge on any atom is -0.385 e. The van der Waals surface area contributed by atoms with Gasteiger partial charge in [-0.15, -0.1) is 0 Å². The van der Waals surface area contributed by atoms with Crippen LogP contribution in [0.5, 0.6) is 0 Å². The quantitative estimate of drug-likeness (QED) is 0.869. The third-order valence-corrected chi connectivity index (χ3v) is 3.74. The molecule has 2 atom stereocenters. The van der Waals surface area contributed by atoms with Crippen LogP contribution in [-0.2, 0) is 4.74 Å². The van der Waals surface area contributed by atoms with Crippen LogP contribution in [0.15, 0.2) is 18.2 Å².